The molecule has 0 aromatic carbocycles. The average molecular weight is 158 g/mol. The molecule has 0 aromatic heterocycles. The molecule has 0 aliphatic rings. The normalized spacial score (nSPS) is 10.4. The first kappa shape index (κ1) is 9.25. The predicted octanol–water partition coefficient (Wildman–Crippen LogP) is 0.611. The lowest BCUT2D eigenvalue weighted by Gasteiger charge is -1.96. The van der Waals surface area contributed by atoms with Gasteiger partial charge in [0.25, 0.3) is 0 Å². The Kier molecular flexibility index (Phi) is 3.17. The molecule has 0 amide bonds. The lowest BCUT2D eigenvalue weighted by Crippen LogP contribution is -2.09. The summed E-state index contributed by atoms with van der Waals surface area (Å²) in [7, 11) is -3.07. The highest BCUT2D eigenvalue weighted by Gasteiger charge is 2.07. The van der Waals surface area contributed by atoms with Crippen molar-refractivity contribution < 1.29 is 8.42 Å². The minimum absolute atomic E-state index is 0.00278. The Bertz CT molecular complexity index is 254. The van der Waals surface area contributed by atoms with E-state index in [0.717, 1.165) is 0 Å². The smallest absolute Gasteiger partial charge is 0.165 e. The van der Waals surface area contributed by atoms with Gasteiger partial charge in [-0.25, -0.2) is 8.42 Å². The zero-order valence-corrected chi connectivity index (χ0v) is 6.74. The molecular formula is C7H10O2S. The van der Waals surface area contributed by atoms with Gasteiger partial charge in [-0.2, -0.15) is 0 Å². The van der Waals surface area contributed by atoms with Crippen LogP contribution in [-0.4, -0.2) is 19.9 Å². The van der Waals surface area contributed by atoms with Crippen LogP contribution in [0.2, 0.25) is 0 Å². The zero-order chi connectivity index (χ0) is 8.20. The summed E-state index contributed by atoms with van der Waals surface area (Å²) in [6, 6.07) is 0. The van der Waals surface area contributed by atoms with Crippen LogP contribution in [0.1, 0.15) is 6.92 Å². The Morgan fingerprint density at radius 3 is 2.50 bits per heavy atom. The van der Waals surface area contributed by atoms with Gasteiger partial charge < -0.3 is 0 Å². The molecule has 0 heterocycles. The van der Waals surface area contributed by atoms with Crippen molar-refractivity contribution in [1.29, 1.82) is 0 Å². The van der Waals surface area contributed by atoms with E-state index in [1.54, 1.807) is 6.92 Å². The van der Waals surface area contributed by atoms with Crippen LogP contribution in [0.25, 0.3) is 0 Å². The standard InChI is InChI=1S/C7H10O2S/c1-4-5-10(8,9)6-7(2)3/h1H,2,5-6H2,3H3. The Hall–Kier alpha value is -0.750. The summed E-state index contributed by atoms with van der Waals surface area (Å²) in [5, 5.41) is 0. The van der Waals surface area contributed by atoms with E-state index in [2.05, 4.69) is 12.5 Å². The number of sulfone groups is 1. The fourth-order valence-electron chi connectivity index (χ4n) is 0.553. The fourth-order valence-corrected chi connectivity index (χ4v) is 1.66. The average Bonchev–Trinajstić information content (AvgIpc) is 1.59. The summed E-state index contributed by atoms with van der Waals surface area (Å²) in [5.41, 5.74) is 0.621. The van der Waals surface area contributed by atoms with Crippen molar-refractivity contribution >= 4 is 9.84 Å². The third kappa shape index (κ3) is 4.16. The summed E-state index contributed by atoms with van der Waals surface area (Å²) in [4.78, 5) is 0. The van der Waals surface area contributed by atoms with Crippen LogP contribution < -0.4 is 0 Å². The molecule has 0 saturated heterocycles. The molecule has 2 nitrogen and oxygen atoms in total. The summed E-state index contributed by atoms with van der Waals surface area (Å²) in [6.07, 6.45) is 4.83. The van der Waals surface area contributed by atoms with Gasteiger partial charge in [-0.15, -0.1) is 6.42 Å². The molecule has 0 aliphatic heterocycles. The van der Waals surface area contributed by atoms with E-state index in [1.807, 2.05) is 0 Å². The second kappa shape index (κ2) is 3.43. The van der Waals surface area contributed by atoms with Gasteiger partial charge in [0, 0.05) is 0 Å². The van der Waals surface area contributed by atoms with Gasteiger partial charge in [-0.05, 0) is 6.92 Å². The lowest BCUT2D eigenvalue weighted by molar-refractivity contribution is 0.601. The predicted molar refractivity (Wildman–Crippen MR) is 42.3 cm³/mol. The number of rotatable bonds is 3. The third-order valence-corrected chi connectivity index (χ3v) is 2.31. The molecule has 0 radical (unpaired) electrons. The van der Waals surface area contributed by atoms with Crippen LogP contribution in [0, 0.1) is 12.3 Å². The molecule has 0 aromatic rings. The van der Waals surface area contributed by atoms with Crippen molar-refractivity contribution in [3.8, 4) is 12.3 Å². The largest absolute Gasteiger partial charge is 0.228 e. The number of terminal acetylenes is 1. The van der Waals surface area contributed by atoms with Crippen molar-refractivity contribution in [3.63, 3.8) is 0 Å². The molecule has 0 fully saturated rings. The van der Waals surface area contributed by atoms with Crippen molar-refractivity contribution in [3.05, 3.63) is 12.2 Å². The summed E-state index contributed by atoms with van der Waals surface area (Å²) in [5.74, 6) is 1.89. The van der Waals surface area contributed by atoms with Crippen LogP contribution in [0.15, 0.2) is 12.2 Å². The highest BCUT2D eigenvalue weighted by molar-refractivity contribution is 7.91. The van der Waals surface area contributed by atoms with Gasteiger partial charge >= 0.3 is 0 Å². The molecule has 0 saturated carbocycles. The minimum atomic E-state index is -3.07. The maximum absolute atomic E-state index is 10.8. The first-order chi connectivity index (χ1) is 4.48. The van der Waals surface area contributed by atoms with Crippen LogP contribution in [0.5, 0.6) is 0 Å². The van der Waals surface area contributed by atoms with Gasteiger partial charge in [-0.3, -0.25) is 0 Å². The highest BCUT2D eigenvalue weighted by atomic mass is 32.2. The fraction of sp³-hybridized carbons (Fsp3) is 0.429. The molecule has 0 N–H and O–H groups in total. The van der Waals surface area contributed by atoms with Gasteiger partial charge in [0.2, 0.25) is 0 Å². The summed E-state index contributed by atoms with van der Waals surface area (Å²) < 4.78 is 21.7. The van der Waals surface area contributed by atoms with E-state index in [1.165, 1.54) is 0 Å². The molecule has 0 bridgehead atoms. The van der Waals surface area contributed by atoms with Gasteiger partial charge in [-0.1, -0.05) is 18.1 Å². The van der Waals surface area contributed by atoms with E-state index >= 15 is 0 Å². The van der Waals surface area contributed by atoms with Crippen molar-refractivity contribution in [1.82, 2.24) is 0 Å². The second-order valence-electron chi connectivity index (χ2n) is 2.19. The maximum Gasteiger partial charge on any atom is 0.165 e. The van der Waals surface area contributed by atoms with E-state index < -0.39 is 9.84 Å². The summed E-state index contributed by atoms with van der Waals surface area (Å²) >= 11 is 0. The van der Waals surface area contributed by atoms with Crippen molar-refractivity contribution in [2.45, 2.75) is 6.92 Å². The van der Waals surface area contributed by atoms with Crippen LogP contribution in [-0.2, 0) is 9.84 Å². The molecule has 10 heavy (non-hydrogen) atoms. The quantitative estimate of drug-likeness (QED) is 0.445. The first-order valence-corrected chi connectivity index (χ1v) is 4.58. The third-order valence-electron chi connectivity index (χ3n) is 0.770. The van der Waals surface area contributed by atoms with E-state index in [4.69, 9.17) is 6.42 Å². The lowest BCUT2D eigenvalue weighted by atomic mass is 10.4. The molecule has 0 aliphatic carbocycles. The van der Waals surface area contributed by atoms with E-state index in [0.29, 0.717) is 5.57 Å². The second-order valence-corrected chi connectivity index (χ2v) is 4.26. The Labute approximate surface area is 61.9 Å². The zero-order valence-electron chi connectivity index (χ0n) is 5.92. The van der Waals surface area contributed by atoms with Gasteiger partial charge in [0.15, 0.2) is 9.84 Å². The van der Waals surface area contributed by atoms with Gasteiger partial charge in [0.05, 0.1) is 5.75 Å². The van der Waals surface area contributed by atoms with Gasteiger partial charge in [0.1, 0.15) is 5.75 Å². The van der Waals surface area contributed by atoms with E-state index in [9.17, 15) is 8.42 Å². The van der Waals surface area contributed by atoms with Crippen molar-refractivity contribution in [2.24, 2.45) is 0 Å². The first-order valence-electron chi connectivity index (χ1n) is 2.76. The molecule has 3 heteroatoms. The Morgan fingerprint density at radius 2 is 2.20 bits per heavy atom. The number of hydrogen-bond donors (Lipinski definition) is 0. The molecular weight excluding hydrogens is 148 g/mol. The number of hydrogen-bond acceptors (Lipinski definition) is 2. The molecule has 0 spiro atoms. The summed E-state index contributed by atoms with van der Waals surface area (Å²) in [6.45, 7) is 5.14. The molecule has 0 atom stereocenters. The van der Waals surface area contributed by atoms with Crippen LogP contribution >= 0.6 is 0 Å². The maximum atomic E-state index is 10.8. The monoisotopic (exact) mass is 158 g/mol. The molecule has 0 unspecified atom stereocenters. The van der Waals surface area contributed by atoms with E-state index in [-0.39, 0.29) is 11.5 Å². The van der Waals surface area contributed by atoms with Crippen LogP contribution in [0.4, 0.5) is 0 Å². The SMILES string of the molecule is C#CCS(=O)(=O)CC(=C)C. The Balaban J connectivity index is 4.19. The molecule has 0 rings (SSSR count). The van der Waals surface area contributed by atoms with Crippen molar-refractivity contribution in [2.75, 3.05) is 11.5 Å². The van der Waals surface area contributed by atoms with Crippen LogP contribution in [0.3, 0.4) is 0 Å². The minimum Gasteiger partial charge on any atom is -0.228 e. The highest BCUT2D eigenvalue weighted by Crippen LogP contribution is 1.96. The molecule has 56 valence electrons. The topological polar surface area (TPSA) is 34.1 Å². The Morgan fingerprint density at radius 1 is 1.70 bits per heavy atom.